The SMILES string of the molecule is CC.CCC(=O)/C=C/c1ccc(C(CC)(CC)c2ccc(O)cc2)cc1C. The van der Waals surface area contributed by atoms with E-state index in [1.54, 1.807) is 18.2 Å². The van der Waals surface area contributed by atoms with Crippen molar-refractivity contribution in [2.45, 2.75) is 66.2 Å². The van der Waals surface area contributed by atoms with Crippen LogP contribution in [0.3, 0.4) is 0 Å². The second kappa shape index (κ2) is 10.7. The van der Waals surface area contributed by atoms with Gasteiger partial charge in [-0.2, -0.15) is 0 Å². The van der Waals surface area contributed by atoms with E-state index in [4.69, 9.17) is 0 Å². The van der Waals surface area contributed by atoms with Crippen LogP contribution >= 0.6 is 0 Å². The van der Waals surface area contributed by atoms with E-state index in [1.807, 2.05) is 39.0 Å². The Labute approximate surface area is 165 Å². The predicted molar refractivity (Wildman–Crippen MR) is 116 cm³/mol. The molecule has 2 aromatic rings. The van der Waals surface area contributed by atoms with Crippen LogP contribution < -0.4 is 0 Å². The molecule has 27 heavy (non-hydrogen) atoms. The Morgan fingerprint density at radius 2 is 1.52 bits per heavy atom. The molecule has 0 amide bonds. The Morgan fingerprint density at radius 1 is 0.963 bits per heavy atom. The number of carbonyl (C=O) groups excluding carboxylic acids is 1. The van der Waals surface area contributed by atoms with Gasteiger partial charge < -0.3 is 5.11 Å². The zero-order valence-corrected chi connectivity index (χ0v) is 17.7. The van der Waals surface area contributed by atoms with E-state index in [2.05, 4.69) is 39.0 Å². The van der Waals surface area contributed by atoms with Crippen LogP contribution in [0.25, 0.3) is 6.08 Å². The van der Waals surface area contributed by atoms with Crippen molar-refractivity contribution in [1.29, 1.82) is 0 Å². The highest BCUT2D eigenvalue weighted by atomic mass is 16.3. The van der Waals surface area contributed by atoms with E-state index >= 15 is 0 Å². The zero-order valence-electron chi connectivity index (χ0n) is 17.7. The number of ketones is 1. The topological polar surface area (TPSA) is 37.3 Å². The molecule has 0 saturated heterocycles. The van der Waals surface area contributed by atoms with Gasteiger partial charge in [0.2, 0.25) is 0 Å². The number of aromatic hydroxyl groups is 1. The van der Waals surface area contributed by atoms with Crippen molar-refractivity contribution in [3.8, 4) is 5.75 Å². The Hall–Kier alpha value is -2.35. The maximum absolute atomic E-state index is 11.5. The van der Waals surface area contributed by atoms with E-state index in [-0.39, 0.29) is 11.2 Å². The van der Waals surface area contributed by atoms with Gasteiger partial charge >= 0.3 is 0 Å². The molecule has 0 unspecified atom stereocenters. The van der Waals surface area contributed by atoms with Crippen LogP contribution in [0.5, 0.6) is 5.75 Å². The van der Waals surface area contributed by atoms with Crippen molar-refractivity contribution in [3.63, 3.8) is 0 Å². The van der Waals surface area contributed by atoms with Crippen LogP contribution in [0.15, 0.2) is 48.5 Å². The fourth-order valence-corrected chi connectivity index (χ4v) is 3.47. The number of hydrogen-bond acceptors (Lipinski definition) is 2. The molecule has 2 heteroatoms. The first kappa shape index (κ1) is 22.7. The number of phenols is 1. The summed E-state index contributed by atoms with van der Waals surface area (Å²) in [5.74, 6) is 0.436. The quantitative estimate of drug-likeness (QED) is 0.546. The molecule has 2 rings (SSSR count). The van der Waals surface area contributed by atoms with E-state index < -0.39 is 0 Å². The fourth-order valence-electron chi connectivity index (χ4n) is 3.47. The van der Waals surface area contributed by atoms with Crippen molar-refractivity contribution in [1.82, 2.24) is 0 Å². The highest BCUT2D eigenvalue weighted by Crippen LogP contribution is 2.40. The summed E-state index contributed by atoms with van der Waals surface area (Å²) in [6.45, 7) is 12.4. The Bertz CT molecular complexity index is 750. The molecule has 0 heterocycles. The lowest BCUT2D eigenvalue weighted by atomic mass is 9.70. The molecule has 0 aromatic heterocycles. The molecule has 0 spiro atoms. The van der Waals surface area contributed by atoms with Gasteiger partial charge in [0.15, 0.2) is 5.78 Å². The van der Waals surface area contributed by atoms with Crippen LogP contribution in [0.4, 0.5) is 0 Å². The third kappa shape index (κ3) is 5.32. The fraction of sp³-hybridized carbons (Fsp3) is 0.400. The van der Waals surface area contributed by atoms with E-state index in [0.29, 0.717) is 12.2 Å². The van der Waals surface area contributed by atoms with Gasteiger partial charge in [0.25, 0.3) is 0 Å². The minimum Gasteiger partial charge on any atom is -0.508 e. The summed E-state index contributed by atoms with van der Waals surface area (Å²) in [6, 6.07) is 14.1. The highest BCUT2D eigenvalue weighted by Gasteiger charge is 2.30. The third-order valence-corrected chi connectivity index (χ3v) is 5.25. The van der Waals surface area contributed by atoms with E-state index in [9.17, 15) is 9.90 Å². The lowest BCUT2D eigenvalue weighted by molar-refractivity contribution is -0.114. The molecule has 0 atom stereocenters. The van der Waals surface area contributed by atoms with Gasteiger partial charge in [0.05, 0.1) is 0 Å². The van der Waals surface area contributed by atoms with Gasteiger partial charge in [-0.15, -0.1) is 0 Å². The van der Waals surface area contributed by atoms with Crippen LogP contribution in [-0.2, 0) is 10.2 Å². The van der Waals surface area contributed by atoms with E-state index in [0.717, 1.165) is 18.4 Å². The van der Waals surface area contributed by atoms with Gasteiger partial charge in [0, 0.05) is 11.8 Å². The van der Waals surface area contributed by atoms with Crippen molar-refractivity contribution in [3.05, 3.63) is 70.8 Å². The second-order valence-electron chi connectivity index (χ2n) is 6.56. The van der Waals surface area contributed by atoms with Crippen molar-refractivity contribution < 1.29 is 9.90 Å². The second-order valence-corrected chi connectivity index (χ2v) is 6.56. The van der Waals surface area contributed by atoms with Gasteiger partial charge in [-0.3, -0.25) is 4.79 Å². The van der Waals surface area contributed by atoms with Gasteiger partial charge in [-0.1, -0.05) is 71.0 Å². The third-order valence-electron chi connectivity index (χ3n) is 5.25. The molecule has 0 fully saturated rings. The van der Waals surface area contributed by atoms with Crippen molar-refractivity contribution >= 4 is 11.9 Å². The van der Waals surface area contributed by atoms with Gasteiger partial charge in [-0.25, -0.2) is 0 Å². The normalized spacial score (nSPS) is 11.2. The van der Waals surface area contributed by atoms with Crippen molar-refractivity contribution in [2.75, 3.05) is 0 Å². The maximum Gasteiger partial charge on any atom is 0.155 e. The molecule has 0 radical (unpaired) electrons. The average molecular weight is 367 g/mol. The first-order valence-electron chi connectivity index (χ1n) is 10.1. The summed E-state index contributed by atoms with van der Waals surface area (Å²) >= 11 is 0. The lowest BCUT2D eigenvalue weighted by Gasteiger charge is -2.33. The van der Waals surface area contributed by atoms with Crippen molar-refractivity contribution in [2.24, 2.45) is 0 Å². The highest BCUT2D eigenvalue weighted by molar-refractivity contribution is 5.93. The Kier molecular flexibility index (Phi) is 9.00. The largest absolute Gasteiger partial charge is 0.508 e. The number of aryl methyl sites for hydroxylation is 1. The Morgan fingerprint density at radius 3 is 2.00 bits per heavy atom. The van der Waals surface area contributed by atoms with Crippen LogP contribution in [0.2, 0.25) is 0 Å². The molecule has 0 bridgehead atoms. The molecule has 0 aliphatic carbocycles. The van der Waals surface area contributed by atoms with Gasteiger partial charge in [-0.05, 0) is 60.2 Å². The van der Waals surface area contributed by atoms with E-state index in [1.165, 1.54) is 16.7 Å². The molecule has 146 valence electrons. The molecule has 0 saturated carbocycles. The minimum atomic E-state index is -0.0695. The maximum atomic E-state index is 11.5. The molecular formula is C25H34O2. The number of carbonyl (C=O) groups is 1. The molecule has 0 aliphatic heterocycles. The zero-order chi connectivity index (χ0) is 20.4. The first-order chi connectivity index (χ1) is 13.0. The average Bonchev–Trinajstić information content (AvgIpc) is 2.71. The molecule has 2 aromatic carbocycles. The van der Waals surface area contributed by atoms with Gasteiger partial charge in [0.1, 0.15) is 5.75 Å². The molecular weight excluding hydrogens is 332 g/mol. The number of benzene rings is 2. The summed E-state index contributed by atoms with van der Waals surface area (Å²) in [5, 5.41) is 9.61. The summed E-state index contributed by atoms with van der Waals surface area (Å²) in [6.07, 6.45) is 6.07. The number of hydrogen-bond donors (Lipinski definition) is 1. The summed E-state index contributed by atoms with van der Waals surface area (Å²) in [5.41, 5.74) is 4.68. The standard InChI is InChI=1S/C23H28O2.C2H6/c1-5-21(24)13-9-18-8-10-20(16-17(18)4)23(6-2,7-3)19-11-14-22(25)15-12-19;1-2/h8-16,25H,5-7H2,1-4H3;1-2H3/b13-9+;. The minimum absolute atomic E-state index is 0.0695. The molecule has 0 aliphatic rings. The summed E-state index contributed by atoms with van der Waals surface area (Å²) in [4.78, 5) is 11.5. The Balaban J connectivity index is 0.00000176. The van der Waals surface area contributed by atoms with Crippen LogP contribution in [-0.4, -0.2) is 10.9 Å². The molecule has 1 N–H and O–H groups in total. The number of allylic oxidation sites excluding steroid dienone is 1. The number of phenolic OH excluding ortho intramolecular Hbond substituents is 1. The summed E-state index contributed by atoms with van der Waals surface area (Å²) in [7, 11) is 0. The monoisotopic (exact) mass is 366 g/mol. The number of rotatable bonds is 7. The smallest absolute Gasteiger partial charge is 0.155 e. The predicted octanol–water partition coefficient (Wildman–Crippen LogP) is 6.83. The lowest BCUT2D eigenvalue weighted by Crippen LogP contribution is -2.26. The first-order valence-corrected chi connectivity index (χ1v) is 10.1. The van der Waals surface area contributed by atoms with Crippen LogP contribution in [0.1, 0.15) is 76.1 Å². The van der Waals surface area contributed by atoms with Crippen LogP contribution in [0, 0.1) is 6.92 Å². The summed E-state index contributed by atoms with van der Waals surface area (Å²) < 4.78 is 0. The molecule has 2 nitrogen and oxygen atoms in total.